The van der Waals surface area contributed by atoms with Crippen LogP contribution in [0.25, 0.3) is 0 Å². The molecule has 0 aliphatic carbocycles. The average Bonchev–Trinajstić information content (AvgIpc) is 2.41. The second-order valence-electron chi connectivity index (χ2n) is 4.85. The summed E-state index contributed by atoms with van der Waals surface area (Å²) in [5, 5.41) is 5.14. The molecule has 0 aromatic heterocycles. The van der Waals surface area contributed by atoms with Crippen LogP contribution in [0.2, 0.25) is 0 Å². The molecule has 1 aromatic rings. The van der Waals surface area contributed by atoms with Crippen LogP contribution in [0.1, 0.15) is 25.3 Å². The second kappa shape index (κ2) is 8.33. The Hall–Kier alpha value is -1.15. The van der Waals surface area contributed by atoms with Crippen LogP contribution in [0.5, 0.6) is 5.75 Å². The van der Waals surface area contributed by atoms with Gasteiger partial charge in [-0.15, -0.1) is 0 Å². The van der Waals surface area contributed by atoms with Crippen molar-refractivity contribution < 1.29 is 22.6 Å². The molecule has 0 radical (unpaired) electrons. The molecule has 0 bridgehead atoms. The van der Waals surface area contributed by atoms with Gasteiger partial charge in [0, 0.05) is 7.11 Å². The molecule has 0 atom stereocenters. The van der Waals surface area contributed by atoms with Gasteiger partial charge in [0.25, 0.3) is 0 Å². The van der Waals surface area contributed by atoms with Crippen LogP contribution in [0, 0.1) is 0 Å². The maximum absolute atomic E-state index is 11.4. The summed E-state index contributed by atoms with van der Waals surface area (Å²) in [4.78, 5) is 0.0925. The van der Waals surface area contributed by atoms with E-state index in [2.05, 4.69) is 0 Å². The lowest BCUT2D eigenvalue weighted by molar-refractivity contribution is 0.0542. The van der Waals surface area contributed by atoms with Gasteiger partial charge in [-0.25, -0.2) is 13.6 Å². The molecule has 120 valence electrons. The summed E-state index contributed by atoms with van der Waals surface area (Å²) in [6.45, 7) is 5.81. The Labute approximate surface area is 126 Å². The minimum absolute atomic E-state index is 0.0925. The van der Waals surface area contributed by atoms with Crippen LogP contribution in [-0.4, -0.2) is 42.0 Å². The fourth-order valence-electron chi connectivity index (χ4n) is 1.74. The molecule has 0 heterocycles. The number of primary sulfonamides is 1. The molecule has 0 aliphatic heterocycles. The smallest absolute Gasteiger partial charge is 0.238 e. The zero-order chi connectivity index (χ0) is 15.9. The highest BCUT2D eigenvalue weighted by Gasteiger charge is 2.14. The molecule has 21 heavy (non-hydrogen) atoms. The van der Waals surface area contributed by atoms with E-state index in [4.69, 9.17) is 19.3 Å². The molecule has 0 aliphatic rings. The summed E-state index contributed by atoms with van der Waals surface area (Å²) in [6.07, 6.45) is 0. The van der Waals surface area contributed by atoms with Crippen molar-refractivity contribution in [2.75, 3.05) is 33.5 Å². The highest BCUT2D eigenvalue weighted by Crippen LogP contribution is 2.28. The van der Waals surface area contributed by atoms with Crippen molar-refractivity contribution in [3.05, 3.63) is 23.8 Å². The molecule has 1 rings (SSSR count). The third-order valence-electron chi connectivity index (χ3n) is 2.85. The molecule has 2 N–H and O–H groups in total. The van der Waals surface area contributed by atoms with Gasteiger partial charge in [0.1, 0.15) is 12.4 Å². The fraction of sp³-hybridized carbons (Fsp3) is 0.571. The maximum atomic E-state index is 11.4. The van der Waals surface area contributed by atoms with E-state index >= 15 is 0 Å². The molecule has 0 unspecified atom stereocenters. The summed E-state index contributed by atoms with van der Waals surface area (Å²) in [6, 6.07) is 4.63. The number of rotatable bonds is 9. The Kier molecular flexibility index (Phi) is 7.10. The van der Waals surface area contributed by atoms with E-state index in [-0.39, 0.29) is 10.8 Å². The van der Waals surface area contributed by atoms with Crippen LogP contribution in [0.4, 0.5) is 0 Å². The van der Waals surface area contributed by atoms with Crippen molar-refractivity contribution >= 4 is 10.0 Å². The Morgan fingerprint density at radius 3 is 2.38 bits per heavy atom. The molecule has 7 heteroatoms. The normalized spacial score (nSPS) is 11.9. The number of benzene rings is 1. The van der Waals surface area contributed by atoms with E-state index in [1.807, 2.05) is 13.8 Å². The first-order chi connectivity index (χ1) is 9.86. The van der Waals surface area contributed by atoms with Crippen molar-refractivity contribution in [1.29, 1.82) is 0 Å². The van der Waals surface area contributed by atoms with Crippen LogP contribution < -0.4 is 9.88 Å². The highest BCUT2D eigenvalue weighted by molar-refractivity contribution is 7.89. The summed E-state index contributed by atoms with van der Waals surface area (Å²) < 4.78 is 38.6. The lowest BCUT2D eigenvalue weighted by atomic mass is 10.0. The molecule has 1 aromatic carbocycles. The van der Waals surface area contributed by atoms with Crippen molar-refractivity contribution in [3.8, 4) is 5.75 Å². The Balaban J connectivity index is 2.69. The summed E-state index contributed by atoms with van der Waals surface area (Å²) in [5.41, 5.74) is 0.804. The van der Waals surface area contributed by atoms with Gasteiger partial charge >= 0.3 is 0 Å². The van der Waals surface area contributed by atoms with Gasteiger partial charge in [-0.3, -0.25) is 0 Å². The Morgan fingerprint density at radius 2 is 1.81 bits per heavy atom. The first kappa shape index (κ1) is 17.9. The van der Waals surface area contributed by atoms with E-state index in [1.54, 1.807) is 19.2 Å². The van der Waals surface area contributed by atoms with Crippen molar-refractivity contribution in [2.45, 2.75) is 24.7 Å². The van der Waals surface area contributed by atoms with Crippen molar-refractivity contribution in [1.82, 2.24) is 0 Å². The SMILES string of the molecule is COCCOCCOc1ccc(S(N)(=O)=O)cc1C(C)C. The molecule has 6 nitrogen and oxygen atoms in total. The topological polar surface area (TPSA) is 87.8 Å². The van der Waals surface area contributed by atoms with Crippen LogP contribution >= 0.6 is 0 Å². The first-order valence-electron chi connectivity index (χ1n) is 6.72. The molecular formula is C14H23NO5S. The van der Waals surface area contributed by atoms with Gasteiger partial charge in [0.2, 0.25) is 10.0 Å². The van der Waals surface area contributed by atoms with Gasteiger partial charge in [0.15, 0.2) is 0 Å². The van der Waals surface area contributed by atoms with Gasteiger partial charge in [-0.1, -0.05) is 13.8 Å². The number of methoxy groups -OCH3 is 1. The second-order valence-corrected chi connectivity index (χ2v) is 6.41. The zero-order valence-corrected chi connectivity index (χ0v) is 13.5. The van der Waals surface area contributed by atoms with Gasteiger partial charge in [-0.2, -0.15) is 0 Å². The first-order valence-corrected chi connectivity index (χ1v) is 8.27. The van der Waals surface area contributed by atoms with Crippen LogP contribution in [0.3, 0.4) is 0 Å². The van der Waals surface area contributed by atoms with E-state index in [9.17, 15) is 8.42 Å². The molecule has 0 fully saturated rings. The van der Waals surface area contributed by atoms with Gasteiger partial charge in [-0.05, 0) is 29.7 Å². The van der Waals surface area contributed by atoms with Crippen LogP contribution in [0.15, 0.2) is 23.1 Å². The lowest BCUT2D eigenvalue weighted by Gasteiger charge is -2.15. The predicted molar refractivity (Wildman–Crippen MR) is 80.1 cm³/mol. The third-order valence-corrected chi connectivity index (χ3v) is 3.76. The number of ether oxygens (including phenoxy) is 3. The average molecular weight is 317 g/mol. The number of hydrogen-bond acceptors (Lipinski definition) is 5. The zero-order valence-electron chi connectivity index (χ0n) is 12.7. The lowest BCUT2D eigenvalue weighted by Crippen LogP contribution is -2.14. The van der Waals surface area contributed by atoms with E-state index < -0.39 is 10.0 Å². The summed E-state index contributed by atoms with van der Waals surface area (Å²) in [7, 11) is -2.09. The van der Waals surface area contributed by atoms with E-state index in [1.165, 1.54) is 6.07 Å². The largest absolute Gasteiger partial charge is 0.491 e. The maximum Gasteiger partial charge on any atom is 0.238 e. The fourth-order valence-corrected chi connectivity index (χ4v) is 2.29. The molecule has 0 spiro atoms. The minimum atomic E-state index is -3.71. The molecular weight excluding hydrogens is 294 g/mol. The standard InChI is InChI=1S/C14H23NO5S/c1-11(2)13-10-12(21(15,16)17)4-5-14(13)20-9-8-19-7-6-18-3/h4-5,10-11H,6-9H2,1-3H3,(H2,15,16,17). The van der Waals surface area contributed by atoms with E-state index in [0.717, 1.165) is 5.56 Å². The molecule has 0 saturated heterocycles. The van der Waals surface area contributed by atoms with Crippen molar-refractivity contribution in [3.63, 3.8) is 0 Å². The van der Waals surface area contributed by atoms with Gasteiger partial charge in [0.05, 0.1) is 24.7 Å². The van der Waals surface area contributed by atoms with Crippen molar-refractivity contribution in [2.24, 2.45) is 5.14 Å². The third kappa shape index (κ3) is 6.01. The Bertz CT molecular complexity index is 542. The highest BCUT2D eigenvalue weighted by atomic mass is 32.2. The number of hydrogen-bond donors (Lipinski definition) is 1. The number of nitrogens with two attached hydrogens (primary N) is 1. The monoisotopic (exact) mass is 317 g/mol. The predicted octanol–water partition coefficient (Wildman–Crippen LogP) is 1.50. The van der Waals surface area contributed by atoms with E-state index in [0.29, 0.717) is 32.2 Å². The Morgan fingerprint density at radius 1 is 1.14 bits per heavy atom. The summed E-state index contributed by atoms with van der Waals surface area (Å²) >= 11 is 0. The van der Waals surface area contributed by atoms with Crippen LogP contribution in [-0.2, 0) is 19.5 Å². The quantitative estimate of drug-likeness (QED) is 0.697. The summed E-state index contributed by atoms with van der Waals surface area (Å²) in [5.74, 6) is 0.767. The minimum Gasteiger partial charge on any atom is -0.491 e. The van der Waals surface area contributed by atoms with Gasteiger partial charge < -0.3 is 14.2 Å². The molecule has 0 saturated carbocycles. The molecule has 0 amide bonds. The number of sulfonamides is 1.